The molecule has 1 saturated carbocycles. The second-order valence-corrected chi connectivity index (χ2v) is 7.12. The molecule has 1 fully saturated rings. The monoisotopic (exact) mass is 266 g/mol. The highest BCUT2D eigenvalue weighted by molar-refractivity contribution is 4.76. The maximum absolute atomic E-state index is 2.52. The molecule has 0 nitrogen and oxygen atoms in total. The molecule has 0 heterocycles. The fourth-order valence-corrected chi connectivity index (χ4v) is 3.91. The van der Waals surface area contributed by atoms with Crippen molar-refractivity contribution in [2.75, 3.05) is 0 Å². The Bertz CT molecular complexity index is 196. The average molecular weight is 267 g/mol. The maximum atomic E-state index is 2.52. The molecule has 0 bridgehead atoms. The van der Waals surface area contributed by atoms with Crippen LogP contribution in [-0.4, -0.2) is 0 Å². The van der Waals surface area contributed by atoms with E-state index in [2.05, 4.69) is 20.8 Å². The quantitative estimate of drug-likeness (QED) is 0.374. The van der Waals surface area contributed by atoms with Crippen molar-refractivity contribution >= 4 is 0 Å². The van der Waals surface area contributed by atoms with Crippen LogP contribution in [0.4, 0.5) is 0 Å². The Morgan fingerprint density at radius 3 is 2.37 bits per heavy atom. The van der Waals surface area contributed by atoms with Gasteiger partial charge in [-0.05, 0) is 24.2 Å². The molecule has 19 heavy (non-hydrogen) atoms. The highest BCUT2D eigenvalue weighted by Gasteiger charge is 2.25. The molecule has 114 valence electrons. The predicted molar refractivity (Wildman–Crippen MR) is 87.5 cm³/mol. The topological polar surface area (TPSA) is 0 Å². The van der Waals surface area contributed by atoms with Gasteiger partial charge in [-0.2, -0.15) is 0 Å². The molecule has 0 aliphatic heterocycles. The molecular formula is C19H38. The molecule has 0 aromatic rings. The minimum atomic E-state index is 0.989. The number of rotatable bonds is 10. The van der Waals surface area contributed by atoms with Crippen LogP contribution in [0.2, 0.25) is 0 Å². The molecule has 1 aliphatic carbocycles. The molecule has 1 aliphatic rings. The fraction of sp³-hybridized carbons (Fsp3) is 1.00. The van der Waals surface area contributed by atoms with Gasteiger partial charge >= 0.3 is 0 Å². The first-order chi connectivity index (χ1) is 9.27. The van der Waals surface area contributed by atoms with Crippen molar-refractivity contribution in [3.8, 4) is 0 Å². The molecule has 1 rings (SSSR count). The normalized spacial score (nSPS) is 25.4. The van der Waals surface area contributed by atoms with E-state index in [1.165, 1.54) is 77.0 Å². The van der Waals surface area contributed by atoms with E-state index in [1.807, 2.05) is 0 Å². The van der Waals surface area contributed by atoms with Gasteiger partial charge in [0.15, 0.2) is 0 Å². The van der Waals surface area contributed by atoms with Gasteiger partial charge in [0.2, 0.25) is 0 Å². The maximum Gasteiger partial charge on any atom is -0.0386 e. The highest BCUT2D eigenvalue weighted by Crippen LogP contribution is 2.37. The molecule has 0 radical (unpaired) electrons. The lowest BCUT2D eigenvalue weighted by molar-refractivity contribution is 0.186. The van der Waals surface area contributed by atoms with Gasteiger partial charge in [-0.15, -0.1) is 0 Å². The number of hydrogen-bond acceptors (Lipinski definition) is 0. The second-order valence-electron chi connectivity index (χ2n) is 7.12. The Kier molecular flexibility index (Phi) is 9.65. The van der Waals surface area contributed by atoms with Gasteiger partial charge in [-0.3, -0.25) is 0 Å². The third kappa shape index (κ3) is 7.37. The van der Waals surface area contributed by atoms with Crippen LogP contribution in [0.1, 0.15) is 104 Å². The Hall–Kier alpha value is 0. The van der Waals surface area contributed by atoms with Gasteiger partial charge in [-0.1, -0.05) is 97.8 Å². The van der Waals surface area contributed by atoms with Crippen molar-refractivity contribution in [1.29, 1.82) is 0 Å². The average Bonchev–Trinajstić information content (AvgIpc) is 2.45. The Balaban J connectivity index is 2.14. The van der Waals surface area contributed by atoms with Crippen LogP contribution in [-0.2, 0) is 0 Å². The summed E-state index contributed by atoms with van der Waals surface area (Å²) in [5, 5.41) is 0. The summed E-state index contributed by atoms with van der Waals surface area (Å²) >= 11 is 0. The van der Waals surface area contributed by atoms with Crippen molar-refractivity contribution in [2.24, 2.45) is 17.8 Å². The van der Waals surface area contributed by atoms with Crippen LogP contribution < -0.4 is 0 Å². The molecule has 3 unspecified atom stereocenters. The summed E-state index contributed by atoms with van der Waals surface area (Å²) in [5.41, 5.74) is 0. The minimum Gasteiger partial charge on any atom is -0.0654 e. The summed E-state index contributed by atoms with van der Waals surface area (Å²) in [7, 11) is 0. The van der Waals surface area contributed by atoms with Crippen LogP contribution in [0.15, 0.2) is 0 Å². The van der Waals surface area contributed by atoms with E-state index in [4.69, 9.17) is 0 Å². The number of unbranched alkanes of at least 4 members (excludes halogenated alkanes) is 5. The van der Waals surface area contributed by atoms with E-state index < -0.39 is 0 Å². The van der Waals surface area contributed by atoms with Crippen molar-refractivity contribution in [1.82, 2.24) is 0 Å². The lowest BCUT2D eigenvalue weighted by Gasteiger charge is -2.33. The fourth-order valence-electron chi connectivity index (χ4n) is 3.91. The zero-order chi connectivity index (χ0) is 13.9. The zero-order valence-electron chi connectivity index (χ0n) is 13.9. The van der Waals surface area contributed by atoms with Crippen LogP contribution in [0, 0.1) is 17.8 Å². The summed E-state index contributed by atoms with van der Waals surface area (Å²) in [6.07, 6.45) is 19.2. The molecule has 0 aromatic carbocycles. The van der Waals surface area contributed by atoms with E-state index in [1.54, 1.807) is 6.42 Å². The second kappa shape index (κ2) is 10.7. The zero-order valence-corrected chi connectivity index (χ0v) is 13.9. The Labute approximate surface area is 122 Å². The molecular weight excluding hydrogens is 228 g/mol. The molecule has 3 atom stereocenters. The summed E-state index contributed by atoms with van der Waals surface area (Å²) < 4.78 is 0. The lowest BCUT2D eigenvalue weighted by Crippen LogP contribution is -2.21. The molecule has 0 saturated heterocycles. The van der Waals surface area contributed by atoms with E-state index >= 15 is 0 Å². The van der Waals surface area contributed by atoms with Gasteiger partial charge in [-0.25, -0.2) is 0 Å². The van der Waals surface area contributed by atoms with Gasteiger partial charge < -0.3 is 0 Å². The standard InChI is InChI=1S/C19H38/c1-4-6-8-9-10-13-18-14-11-15-19(16-18)17(3)12-7-5-2/h17-19H,4-16H2,1-3H3. The summed E-state index contributed by atoms with van der Waals surface area (Å²) in [5.74, 6) is 3.12. The van der Waals surface area contributed by atoms with E-state index in [9.17, 15) is 0 Å². The van der Waals surface area contributed by atoms with Crippen molar-refractivity contribution < 1.29 is 0 Å². The van der Waals surface area contributed by atoms with E-state index in [0.29, 0.717) is 0 Å². The van der Waals surface area contributed by atoms with Gasteiger partial charge in [0.25, 0.3) is 0 Å². The third-order valence-electron chi connectivity index (χ3n) is 5.36. The van der Waals surface area contributed by atoms with Crippen LogP contribution in [0.5, 0.6) is 0 Å². The SMILES string of the molecule is CCCCCCCC1CCCC(C(C)CCCC)C1. The highest BCUT2D eigenvalue weighted by atomic mass is 14.3. The smallest absolute Gasteiger partial charge is 0.0386 e. The van der Waals surface area contributed by atoms with Crippen LogP contribution in [0.3, 0.4) is 0 Å². The first kappa shape index (κ1) is 17.1. The molecule has 0 amide bonds. The van der Waals surface area contributed by atoms with Gasteiger partial charge in [0.1, 0.15) is 0 Å². The minimum absolute atomic E-state index is 0.989. The van der Waals surface area contributed by atoms with Crippen molar-refractivity contribution in [3.63, 3.8) is 0 Å². The molecule has 0 N–H and O–H groups in total. The summed E-state index contributed by atoms with van der Waals surface area (Å²) in [6.45, 7) is 7.15. The molecule has 0 aromatic heterocycles. The molecule has 0 heteroatoms. The first-order valence-corrected chi connectivity index (χ1v) is 9.27. The Morgan fingerprint density at radius 2 is 1.63 bits per heavy atom. The van der Waals surface area contributed by atoms with E-state index in [0.717, 1.165) is 17.8 Å². The van der Waals surface area contributed by atoms with Crippen LogP contribution >= 0.6 is 0 Å². The van der Waals surface area contributed by atoms with Crippen molar-refractivity contribution in [2.45, 2.75) is 104 Å². The number of hydrogen-bond donors (Lipinski definition) is 0. The van der Waals surface area contributed by atoms with E-state index in [-0.39, 0.29) is 0 Å². The summed E-state index contributed by atoms with van der Waals surface area (Å²) in [6, 6.07) is 0. The van der Waals surface area contributed by atoms with Crippen molar-refractivity contribution in [3.05, 3.63) is 0 Å². The Morgan fingerprint density at radius 1 is 0.895 bits per heavy atom. The van der Waals surface area contributed by atoms with Gasteiger partial charge in [0, 0.05) is 0 Å². The largest absolute Gasteiger partial charge is 0.0654 e. The molecule has 0 spiro atoms. The predicted octanol–water partition coefficient (Wildman–Crippen LogP) is 6.98. The van der Waals surface area contributed by atoms with Crippen LogP contribution in [0.25, 0.3) is 0 Å². The van der Waals surface area contributed by atoms with Gasteiger partial charge in [0.05, 0.1) is 0 Å². The lowest BCUT2D eigenvalue weighted by atomic mass is 9.73. The summed E-state index contributed by atoms with van der Waals surface area (Å²) in [4.78, 5) is 0. The third-order valence-corrected chi connectivity index (χ3v) is 5.36. The first-order valence-electron chi connectivity index (χ1n) is 9.27.